The van der Waals surface area contributed by atoms with Crippen LogP contribution in [0.25, 0.3) is 0 Å². The summed E-state index contributed by atoms with van der Waals surface area (Å²) in [5, 5.41) is 5.98. The molecule has 1 saturated carbocycles. The summed E-state index contributed by atoms with van der Waals surface area (Å²) >= 11 is 1.86. The van der Waals surface area contributed by atoms with Gasteiger partial charge in [0.2, 0.25) is 0 Å². The largest absolute Gasteiger partial charge is 0.497 e. The van der Waals surface area contributed by atoms with Crippen LogP contribution in [-0.4, -0.2) is 7.11 Å². The lowest BCUT2D eigenvalue weighted by Crippen LogP contribution is -2.25. The van der Waals surface area contributed by atoms with Gasteiger partial charge in [0.1, 0.15) is 5.75 Å². The van der Waals surface area contributed by atoms with E-state index in [9.17, 15) is 0 Å². The number of hydrogen-bond acceptors (Lipinski definition) is 3. The third-order valence-corrected chi connectivity index (χ3v) is 4.94. The van der Waals surface area contributed by atoms with E-state index in [1.807, 2.05) is 23.5 Å². The minimum absolute atomic E-state index is 0.355. The summed E-state index contributed by atoms with van der Waals surface area (Å²) in [6, 6.07) is 13.6. The first-order valence-electron chi connectivity index (χ1n) is 7.21. The molecule has 1 aliphatic rings. The molecule has 1 aromatic heterocycles. The molecule has 1 heterocycles. The number of nitrogens with one attached hydrogen (secondary N) is 1. The van der Waals surface area contributed by atoms with Gasteiger partial charge in [0.15, 0.2) is 0 Å². The van der Waals surface area contributed by atoms with Crippen LogP contribution < -0.4 is 10.1 Å². The van der Waals surface area contributed by atoms with Crippen molar-refractivity contribution < 1.29 is 4.74 Å². The first-order chi connectivity index (χ1) is 9.78. The van der Waals surface area contributed by atoms with Crippen LogP contribution in [0.3, 0.4) is 0 Å². The van der Waals surface area contributed by atoms with Gasteiger partial charge in [-0.1, -0.05) is 18.2 Å². The average molecular weight is 287 g/mol. The Kier molecular flexibility index (Phi) is 4.08. The Morgan fingerprint density at radius 2 is 1.95 bits per heavy atom. The number of hydrogen-bond donors (Lipinski definition) is 1. The molecule has 20 heavy (non-hydrogen) atoms. The van der Waals surface area contributed by atoms with Crippen LogP contribution in [0.1, 0.15) is 42.3 Å². The number of methoxy groups -OCH3 is 1. The topological polar surface area (TPSA) is 21.3 Å². The maximum absolute atomic E-state index is 5.22. The smallest absolute Gasteiger partial charge is 0.118 e. The van der Waals surface area contributed by atoms with E-state index in [0.29, 0.717) is 12.1 Å². The monoisotopic (exact) mass is 287 g/mol. The lowest BCUT2D eigenvalue weighted by molar-refractivity contribution is 0.412. The number of thiophene rings is 1. The van der Waals surface area contributed by atoms with Gasteiger partial charge in [0.05, 0.1) is 7.11 Å². The molecule has 2 aromatic rings. The van der Waals surface area contributed by atoms with Gasteiger partial charge in [-0.2, -0.15) is 0 Å². The molecule has 0 saturated heterocycles. The second kappa shape index (κ2) is 5.98. The van der Waals surface area contributed by atoms with Crippen molar-refractivity contribution in [1.82, 2.24) is 5.32 Å². The van der Waals surface area contributed by atoms with Gasteiger partial charge < -0.3 is 10.1 Å². The zero-order chi connectivity index (χ0) is 13.9. The first-order valence-corrected chi connectivity index (χ1v) is 8.09. The second-order valence-corrected chi connectivity index (χ2v) is 6.47. The molecule has 106 valence electrons. The SMILES string of the molecule is COc1ccc([C@@H](C)NC(c2cccs2)C2CC2)cc1. The quantitative estimate of drug-likeness (QED) is 0.841. The molecule has 0 spiro atoms. The zero-order valence-electron chi connectivity index (χ0n) is 12.0. The third-order valence-electron chi connectivity index (χ3n) is 3.99. The second-order valence-electron chi connectivity index (χ2n) is 5.49. The summed E-state index contributed by atoms with van der Waals surface area (Å²) in [5.41, 5.74) is 1.31. The van der Waals surface area contributed by atoms with Crippen molar-refractivity contribution in [1.29, 1.82) is 0 Å². The van der Waals surface area contributed by atoms with Crippen molar-refractivity contribution >= 4 is 11.3 Å². The lowest BCUT2D eigenvalue weighted by atomic mass is 10.0. The summed E-state index contributed by atoms with van der Waals surface area (Å²) in [7, 11) is 1.70. The van der Waals surface area contributed by atoms with Gasteiger partial charge in [0, 0.05) is 17.0 Å². The van der Waals surface area contributed by atoms with Crippen LogP contribution in [0.2, 0.25) is 0 Å². The van der Waals surface area contributed by atoms with E-state index in [-0.39, 0.29) is 0 Å². The standard InChI is InChI=1S/C17H21NOS/c1-12(13-7-9-15(19-2)10-8-13)18-17(14-5-6-14)16-4-3-11-20-16/h3-4,7-12,14,17-18H,5-6H2,1-2H3/t12-,17?/m1/s1. The van der Waals surface area contributed by atoms with E-state index in [4.69, 9.17) is 4.74 Å². The van der Waals surface area contributed by atoms with Crippen LogP contribution in [0.5, 0.6) is 5.75 Å². The molecule has 0 amide bonds. The first kappa shape index (κ1) is 13.7. The molecule has 0 aliphatic heterocycles. The fourth-order valence-electron chi connectivity index (χ4n) is 2.61. The number of rotatable bonds is 6. The highest BCUT2D eigenvalue weighted by Gasteiger charge is 2.33. The van der Waals surface area contributed by atoms with Crippen molar-refractivity contribution in [2.75, 3.05) is 7.11 Å². The van der Waals surface area contributed by atoms with Gasteiger partial charge in [0.25, 0.3) is 0 Å². The summed E-state index contributed by atoms with van der Waals surface area (Å²) in [4.78, 5) is 1.47. The molecule has 3 rings (SSSR count). The van der Waals surface area contributed by atoms with Crippen molar-refractivity contribution in [3.63, 3.8) is 0 Å². The Morgan fingerprint density at radius 1 is 1.20 bits per heavy atom. The molecular weight excluding hydrogens is 266 g/mol. The number of benzene rings is 1. The van der Waals surface area contributed by atoms with Gasteiger partial charge in [-0.15, -0.1) is 11.3 Å². The van der Waals surface area contributed by atoms with Crippen molar-refractivity contribution in [3.8, 4) is 5.75 Å². The molecular formula is C17H21NOS. The third kappa shape index (κ3) is 3.05. The van der Waals surface area contributed by atoms with E-state index < -0.39 is 0 Å². The molecule has 2 atom stereocenters. The predicted octanol–water partition coefficient (Wildman–Crippen LogP) is 4.56. The highest BCUT2D eigenvalue weighted by atomic mass is 32.1. The van der Waals surface area contributed by atoms with Crippen molar-refractivity contribution in [2.24, 2.45) is 5.92 Å². The van der Waals surface area contributed by atoms with Gasteiger partial charge in [-0.3, -0.25) is 0 Å². The summed E-state index contributed by atoms with van der Waals surface area (Å²) in [6.45, 7) is 2.24. The van der Waals surface area contributed by atoms with Crippen LogP contribution in [-0.2, 0) is 0 Å². The molecule has 1 unspecified atom stereocenters. The highest BCUT2D eigenvalue weighted by molar-refractivity contribution is 7.10. The van der Waals surface area contributed by atoms with Crippen molar-refractivity contribution in [3.05, 3.63) is 52.2 Å². The molecule has 1 aromatic carbocycles. The fraction of sp³-hybridized carbons (Fsp3) is 0.412. The Morgan fingerprint density at radius 3 is 2.50 bits per heavy atom. The summed E-state index contributed by atoms with van der Waals surface area (Å²) < 4.78 is 5.22. The van der Waals surface area contributed by atoms with E-state index in [2.05, 4.69) is 41.9 Å². The molecule has 1 N–H and O–H groups in total. The molecule has 3 heteroatoms. The maximum atomic E-state index is 5.22. The van der Waals surface area contributed by atoms with E-state index in [1.165, 1.54) is 23.3 Å². The van der Waals surface area contributed by atoms with Gasteiger partial charge in [-0.05, 0) is 54.8 Å². The van der Waals surface area contributed by atoms with Crippen LogP contribution in [0.15, 0.2) is 41.8 Å². The normalized spacial score (nSPS) is 17.7. The Balaban J connectivity index is 1.71. The van der Waals surface area contributed by atoms with Gasteiger partial charge in [-0.25, -0.2) is 0 Å². The average Bonchev–Trinajstić information content (AvgIpc) is 3.19. The van der Waals surface area contributed by atoms with Crippen LogP contribution in [0, 0.1) is 5.92 Å². The Labute approximate surface area is 124 Å². The van der Waals surface area contributed by atoms with Crippen molar-refractivity contribution in [2.45, 2.75) is 31.8 Å². The maximum Gasteiger partial charge on any atom is 0.118 e. The number of ether oxygens (including phenoxy) is 1. The molecule has 2 nitrogen and oxygen atoms in total. The fourth-order valence-corrected chi connectivity index (χ4v) is 3.48. The highest BCUT2D eigenvalue weighted by Crippen LogP contribution is 2.43. The summed E-state index contributed by atoms with van der Waals surface area (Å²) in [6.07, 6.45) is 2.70. The predicted molar refractivity (Wildman–Crippen MR) is 84.3 cm³/mol. The van der Waals surface area contributed by atoms with E-state index >= 15 is 0 Å². The van der Waals surface area contributed by atoms with Crippen LogP contribution in [0.4, 0.5) is 0 Å². The van der Waals surface area contributed by atoms with Crippen LogP contribution >= 0.6 is 11.3 Å². The zero-order valence-corrected chi connectivity index (χ0v) is 12.8. The molecule has 0 radical (unpaired) electrons. The van der Waals surface area contributed by atoms with E-state index in [1.54, 1.807) is 7.11 Å². The minimum Gasteiger partial charge on any atom is -0.497 e. The summed E-state index contributed by atoms with van der Waals surface area (Å²) in [5.74, 6) is 1.73. The molecule has 1 aliphatic carbocycles. The van der Waals surface area contributed by atoms with Gasteiger partial charge >= 0.3 is 0 Å². The lowest BCUT2D eigenvalue weighted by Gasteiger charge is -2.23. The Bertz CT molecular complexity index is 531. The minimum atomic E-state index is 0.355. The Hall–Kier alpha value is -1.32. The molecule has 1 fully saturated rings. The van der Waals surface area contributed by atoms with E-state index in [0.717, 1.165) is 11.7 Å². The molecule has 0 bridgehead atoms.